The van der Waals surface area contributed by atoms with Crippen LogP contribution in [0, 0.1) is 13.8 Å². The quantitative estimate of drug-likeness (QED) is 0.668. The van der Waals surface area contributed by atoms with E-state index in [9.17, 15) is 21.6 Å². The highest BCUT2D eigenvalue weighted by atomic mass is 35.5. The molecule has 0 spiro atoms. The summed E-state index contributed by atoms with van der Waals surface area (Å²) in [5.41, 5.74) is -0.787. The van der Waals surface area contributed by atoms with Gasteiger partial charge in [-0.15, -0.1) is 5.10 Å². The maximum absolute atomic E-state index is 13.2. The van der Waals surface area contributed by atoms with E-state index in [1.54, 1.807) is 13.0 Å². The van der Waals surface area contributed by atoms with E-state index in [4.69, 9.17) is 23.2 Å². The summed E-state index contributed by atoms with van der Waals surface area (Å²) in [5, 5.41) is 2.60. The minimum Gasteiger partial charge on any atom is -0.274 e. The molecule has 0 unspecified atom stereocenters. The minimum atomic E-state index is -4.78. The van der Waals surface area contributed by atoms with E-state index in [1.165, 1.54) is 13.0 Å². The average molecular weight is 440 g/mol. The van der Waals surface area contributed by atoms with Gasteiger partial charge in [-0.3, -0.25) is 4.72 Å². The zero-order valence-electron chi connectivity index (χ0n) is 13.6. The van der Waals surface area contributed by atoms with E-state index in [2.05, 4.69) is 19.8 Å². The molecule has 0 aliphatic rings. The molecule has 0 aliphatic carbocycles. The van der Waals surface area contributed by atoms with E-state index in [-0.39, 0.29) is 21.4 Å². The van der Waals surface area contributed by atoms with Crippen molar-refractivity contribution in [3.05, 3.63) is 45.2 Å². The van der Waals surface area contributed by atoms with Crippen LogP contribution in [0.1, 0.15) is 17.0 Å². The van der Waals surface area contributed by atoms with Crippen molar-refractivity contribution in [3.8, 4) is 0 Å². The van der Waals surface area contributed by atoms with Gasteiger partial charge in [0.25, 0.3) is 21.0 Å². The molecule has 0 saturated carbocycles. The molecule has 1 aromatic carbocycles. The number of aromatic nitrogens is 4. The summed E-state index contributed by atoms with van der Waals surface area (Å²) >= 11 is 12.0. The lowest BCUT2D eigenvalue weighted by molar-refractivity contribution is -0.142. The molecule has 2 heterocycles. The highest BCUT2D eigenvalue weighted by molar-refractivity contribution is 7.92. The number of nitrogens with one attached hydrogen (secondary N) is 1. The first-order valence-corrected chi connectivity index (χ1v) is 9.43. The summed E-state index contributed by atoms with van der Waals surface area (Å²) in [6, 6.07) is 3.73. The van der Waals surface area contributed by atoms with Gasteiger partial charge in [0, 0.05) is 5.69 Å². The molecule has 3 aromatic rings. The predicted octanol–water partition coefficient (Wildman–Crippen LogP) is 3.87. The Labute approximate surface area is 161 Å². The number of alkyl halides is 3. The van der Waals surface area contributed by atoms with Gasteiger partial charge in [-0.25, -0.2) is 4.98 Å². The van der Waals surface area contributed by atoms with Crippen molar-refractivity contribution in [2.45, 2.75) is 25.2 Å². The molecule has 3 rings (SSSR count). The van der Waals surface area contributed by atoms with Crippen LogP contribution in [0.2, 0.25) is 10.0 Å². The van der Waals surface area contributed by atoms with Crippen LogP contribution in [0.25, 0.3) is 5.78 Å². The Morgan fingerprint density at radius 1 is 1.15 bits per heavy atom. The molecule has 0 bridgehead atoms. The van der Waals surface area contributed by atoms with Crippen LogP contribution in [-0.2, 0) is 16.2 Å². The SMILES string of the molecule is Cc1cc(C(F)(F)F)n2nc(S(=O)(=O)Nc3c(Cl)ccc(C)c3Cl)nc2n1. The van der Waals surface area contributed by atoms with E-state index < -0.39 is 32.8 Å². The first-order chi connectivity index (χ1) is 12.4. The standard InChI is InChI=1S/C14H10Cl2F3N5O2S/c1-6-3-4-8(15)11(10(6)16)23-27(25,26)13-21-12-20-7(2)5-9(14(17,18)19)24(12)22-13/h3-5,23H,1-2H3. The number of fused-ring (bicyclic) bond motifs is 1. The molecule has 13 heteroatoms. The lowest BCUT2D eigenvalue weighted by Crippen LogP contribution is -2.17. The lowest BCUT2D eigenvalue weighted by Gasteiger charge is -2.10. The zero-order chi connectivity index (χ0) is 20.1. The Morgan fingerprint density at radius 2 is 1.81 bits per heavy atom. The molecule has 0 atom stereocenters. The van der Waals surface area contributed by atoms with Gasteiger partial charge in [0.15, 0.2) is 5.69 Å². The molecule has 0 radical (unpaired) electrons. The van der Waals surface area contributed by atoms with Crippen molar-refractivity contribution in [1.29, 1.82) is 0 Å². The minimum absolute atomic E-state index is 0.00268. The highest BCUT2D eigenvalue weighted by Gasteiger charge is 2.36. The molecular formula is C14H10Cl2F3N5O2S. The zero-order valence-corrected chi connectivity index (χ0v) is 16.0. The molecule has 27 heavy (non-hydrogen) atoms. The third-order valence-electron chi connectivity index (χ3n) is 3.47. The summed E-state index contributed by atoms with van der Waals surface area (Å²) in [6.45, 7) is 2.95. The summed E-state index contributed by atoms with van der Waals surface area (Å²) in [7, 11) is -4.48. The van der Waals surface area contributed by atoms with Gasteiger partial charge in [0.1, 0.15) is 0 Å². The van der Waals surface area contributed by atoms with Gasteiger partial charge in [0.05, 0.1) is 15.7 Å². The van der Waals surface area contributed by atoms with Crippen LogP contribution >= 0.6 is 23.2 Å². The van der Waals surface area contributed by atoms with Crippen LogP contribution in [-0.4, -0.2) is 28.0 Å². The second-order valence-electron chi connectivity index (χ2n) is 5.55. The van der Waals surface area contributed by atoms with Crippen molar-refractivity contribution < 1.29 is 21.6 Å². The fraction of sp³-hybridized carbons (Fsp3) is 0.214. The Morgan fingerprint density at radius 3 is 2.44 bits per heavy atom. The second-order valence-corrected chi connectivity index (χ2v) is 7.91. The van der Waals surface area contributed by atoms with Gasteiger partial charge >= 0.3 is 6.18 Å². The van der Waals surface area contributed by atoms with Crippen LogP contribution in [0.5, 0.6) is 0 Å². The molecule has 2 aromatic heterocycles. The molecule has 144 valence electrons. The molecule has 1 N–H and O–H groups in total. The van der Waals surface area contributed by atoms with Crippen LogP contribution < -0.4 is 4.72 Å². The van der Waals surface area contributed by atoms with E-state index >= 15 is 0 Å². The van der Waals surface area contributed by atoms with Crippen molar-refractivity contribution >= 4 is 44.7 Å². The van der Waals surface area contributed by atoms with Crippen molar-refractivity contribution in [2.75, 3.05) is 4.72 Å². The van der Waals surface area contributed by atoms with E-state index in [1.807, 2.05) is 0 Å². The summed E-state index contributed by atoms with van der Waals surface area (Å²) in [5.74, 6) is -0.510. The number of hydrogen-bond donors (Lipinski definition) is 1. The van der Waals surface area contributed by atoms with Gasteiger partial charge in [0.2, 0.25) is 0 Å². The van der Waals surface area contributed by atoms with Crippen LogP contribution in [0.15, 0.2) is 23.4 Å². The predicted molar refractivity (Wildman–Crippen MR) is 92.5 cm³/mol. The molecule has 7 nitrogen and oxygen atoms in total. The number of sulfonamides is 1. The Bertz CT molecular complexity index is 1160. The summed E-state index contributed by atoms with van der Waals surface area (Å²) < 4.78 is 67.1. The number of benzene rings is 1. The first kappa shape index (κ1) is 19.6. The monoisotopic (exact) mass is 439 g/mol. The number of hydrogen-bond acceptors (Lipinski definition) is 5. The van der Waals surface area contributed by atoms with Crippen LogP contribution in [0.4, 0.5) is 18.9 Å². The van der Waals surface area contributed by atoms with Gasteiger partial charge in [-0.2, -0.15) is 31.1 Å². The summed E-state index contributed by atoms with van der Waals surface area (Å²) in [6.07, 6.45) is -4.78. The maximum Gasteiger partial charge on any atom is 0.433 e. The first-order valence-electron chi connectivity index (χ1n) is 7.19. The third kappa shape index (κ3) is 3.66. The largest absolute Gasteiger partial charge is 0.433 e. The molecule has 0 fully saturated rings. The van der Waals surface area contributed by atoms with Gasteiger partial charge < -0.3 is 0 Å². The second kappa shape index (κ2) is 6.50. The Hall–Kier alpha value is -2.11. The number of rotatable bonds is 3. The smallest absolute Gasteiger partial charge is 0.274 e. The topological polar surface area (TPSA) is 89.3 Å². The number of anilines is 1. The van der Waals surface area contributed by atoms with E-state index in [0.717, 1.165) is 6.07 Å². The van der Waals surface area contributed by atoms with Crippen molar-refractivity contribution in [3.63, 3.8) is 0 Å². The average Bonchev–Trinajstić information content (AvgIpc) is 2.98. The van der Waals surface area contributed by atoms with Crippen LogP contribution in [0.3, 0.4) is 0 Å². The van der Waals surface area contributed by atoms with Crippen molar-refractivity contribution in [1.82, 2.24) is 19.6 Å². The number of halogens is 5. The Kier molecular flexibility index (Phi) is 4.73. The third-order valence-corrected chi connectivity index (χ3v) is 5.40. The number of nitrogens with zero attached hydrogens (tertiary/aromatic N) is 4. The molecule has 0 saturated heterocycles. The maximum atomic E-state index is 13.2. The van der Waals surface area contributed by atoms with Crippen molar-refractivity contribution in [2.24, 2.45) is 0 Å². The molecular weight excluding hydrogens is 430 g/mol. The lowest BCUT2D eigenvalue weighted by atomic mass is 10.2. The van der Waals surface area contributed by atoms with Gasteiger partial charge in [-0.05, 0) is 31.5 Å². The number of aryl methyl sites for hydroxylation is 2. The summed E-state index contributed by atoms with van der Waals surface area (Å²) in [4.78, 5) is 7.39. The molecule has 0 amide bonds. The van der Waals surface area contributed by atoms with E-state index in [0.29, 0.717) is 10.1 Å². The fourth-order valence-electron chi connectivity index (χ4n) is 2.21. The normalized spacial score (nSPS) is 12.6. The van der Waals surface area contributed by atoms with Gasteiger partial charge in [-0.1, -0.05) is 29.3 Å². The fourth-order valence-corrected chi connectivity index (χ4v) is 3.75. The molecule has 0 aliphatic heterocycles. The Balaban J connectivity index is 2.14. The highest BCUT2D eigenvalue weighted by Crippen LogP contribution is 2.34.